The van der Waals surface area contributed by atoms with E-state index in [-0.39, 0.29) is 12.8 Å². The SMILES string of the molecule is NC(=O)c1cnc2[nH]ccc2c1N[C@H]1[C@@H]2C[C@H]3C[C@H]1C[C@@](O)(C3)C2.O=C(O)CCC(=O)O. The topological polar surface area (TPSA) is 179 Å². The number of aromatic nitrogens is 2. The summed E-state index contributed by atoms with van der Waals surface area (Å²) in [4.78, 5) is 38.5. The third kappa shape index (κ3) is 4.40. The monoisotopic (exact) mass is 444 g/mol. The molecule has 5 atom stereocenters. The lowest BCUT2D eigenvalue weighted by Crippen LogP contribution is -2.59. The van der Waals surface area contributed by atoms with E-state index in [4.69, 9.17) is 15.9 Å². The number of carbonyl (C=O) groups is 3. The van der Waals surface area contributed by atoms with Crippen molar-refractivity contribution < 1.29 is 29.7 Å². The molecular weight excluding hydrogens is 416 g/mol. The van der Waals surface area contributed by atoms with Gasteiger partial charge in [0.25, 0.3) is 5.91 Å². The van der Waals surface area contributed by atoms with E-state index in [0.29, 0.717) is 29.4 Å². The van der Waals surface area contributed by atoms with Gasteiger partial charge in [-0.2, -0.15) is 0 Å². The van der Waals surface area contributed by atoms with Crippen LogP contribution in [0.3, 0.4) is 0 Å². The number of fused-ring (bicyclic) bond motifs is 1. The number of pyridine rings is 1. The first-order valence-electron chi connectivity index (χ1n) is 10.8. The lowest BCUT2D eigenvalue weighted by atomic mass is 9.52. The molecule has 4 aliphatic rings. The summed E-state index contributed by atoms with van der Waals surface area (Å²) in [5.41, 5.74) is 7.10. The average molecular weight is 444 g/mol. The molecule has 4 aliphatic carbocycles. The van der Waals surface area contributed by atoms with Gasteiger partial charge < -0.3 is 31.4 Å². The summed E-state index contributed by atoms with van der Waals surface area (Å²) in [5, 5.41) is 31.1. The molecule has 10 nitrogen and oxygen atoms in total. The summed E-state index contributed by atoms with van der Waals surface area (Å²) in [6.07, 6.45) is 7.82. The lowest BCUT2D eigenvalue weighted by molar-refractivity contribution is -0.143. The van der Waals surface area contributed by atoms with E-state index in [9.17, 15) is 19.5 Å². The minimum atomic E-state index is -1.08. The quantitative estimate of drug-likeness (QED) is 0.391. The Kier molecular flexibility index (Phi) is 5.81. The number of H-pyrrole nitrogens is 1. The molecule has 2 heterocycles. The highest BCUT2D eigenvalue weighted by Crippen LogP contribution is 2.56. The van der Waals surface area contributed by atoms with Crippen molar-refractivity contribution in [1.29, 1.82) is 0 Å². The number of hydrogen-bond acceptors (Lipinski definition) is 6. The number of carboxylic acids is 2. The van der Waals surface area contributed by atoms with Gasteiger partial charge in [0, 0.05) is 23.8 Å². The van der Waals surface area contributed by atoms with Gasteiger partial charge in [-0.25, -0.2) is 4.98 Å². The Bertz CT molecular complexity index is 1020. The number of carboxylic acid groups (broad SMARTS) is 2. The van der Waals surface area contributed by atoms with Crippen molar-refractivity contribution in [1.82, 2.24) is 9.97 Å². The van der Waals surface area contributed by atoms with Gasteiger partial charge in [0.1, 0.15) is 5.65 Å². The molecule has 0 saturated heterocycles. The minimum Gasteiger partial charge on any atom is -0.481 e. The van der Waals surface area contributed by atoms with Gasteiger partial charge in [0.05, 0.1) is 29.7 Å². The second-order valence-corrected chi connectivity index (χ2v) is 9.30. The van der Waals surface area contributed by atoms with Crippen molar-refractivity contribution in [2.75, 3.05) is 5.32 Å². The smallest absolute Gasteiger partial charge is 0.303 e. The Morgan fingerprint density at radius 1 is 1.12 bits per heavy atom. The summed E-state index contributed by atoms with van der Waals surface area (Å²) < 4.78 is 0. The van der Waals surface area contributed by atoms with Gasteiger partial charge in [-0.3, -0.25) is 14.4 Å². The third-order valence-corrected chi connectivity index (χ3v) is 6.96. The number of nitrogens with zero attached hydrogens (tertiary/aromatic N) is 1. The first kappa shape index (κ1) is 22.1. The van der Waals surface area contributed by atoms with E-state index in [1.165, 1.54) is 12.8 Å². The maximum Gasteiger partial charge on any atom is 0.303 e. The molecule has 2 aromatic heterocycles. The van der Waals surface area contributed by atoms with Crippen molar-refractivity contribution in [3.8, 4) is 0 Å². The Labute approximate surface area is 184 Å². The number of anilines is 1. The maximum atomic E-state index is 11.9. The number of carbonyl (C=O) groups excluding carboxylic acids is 1. The van der Waals surface area contributed by atoms with Crippen LogP contribution in [0.1, 0.15) is 55.3 Å². The number of aliphatic carboxylic acids is 2. The number of aromatic amines is 1. The van der Waals surface area contributed by atoms with Crippen molar-refractivity contribution in [3.05, 3.63) is 24.0 Å². The van der Waals surface area contributed by atoms with Gasteiger partial charge in [0.15, 0.2) is 0 Å². The van der Waals surface area contributed by atoms with Crippen LogP contribution in [0.4, 0.5) is 5.69 Å². The molecular formula is C22H28N4O6. The van der Waals surface area contributed by atoms with E-state index in [1.807, 2.05) is 12.3 Å². The highest BCUT2D eigenvalue weighted by atomic mass is 16.4. The summed E-state index contributed by atoms with van der Waals surface area (Å²) in [6, 6.07) is 2.22. The third-order valence-electron chi connectivity index (χ3n) is 6.96. The number of hydrogen-bond donors (Lipinski definition) is 6. The Balaban J connectivity index is 0.000000265. The summed E-state index contributed by atoms with van der Waals surface area (Å²) >= 11 is 0. The summed E-state index contributed by atoms with van der Waals surface area (Å²) in [6.45, 7) is 0. The summed E-state index contributed by atoms with van der Waals surface area (Å²) in [7, 11) is 0. The van der Waals surface area contributed by atoms with Crippen LogP contribution in [0.15, 0.2) is 18.5 Å². The molecule has 32 heavy (non-hydrogen) atoms. The Morgan fingerprint density at radius 3 is 2.28 bits per heavy atom. The van der Waals surface area contributed by atoms with E-state index < -0.39 is 23.4 Å². The number of primary amides is 1. The Hall–Kier alpha value is -3.14. The van der Waals surface area contributed by atoms with Crippen LogP contribution < -0.4 is 11.1 Å². The van der Waals surface area contributed by atoms with Crippen molar-refractivity contribution >= 4 is 34.6 Å². The normalized spacial score (nSPS) is 29.9. The van der Waals surface area contributed by atoms with E-state index in [0.717, 1.165) is 36.0 Å². The molecule has 0 aromatic carbocycles. The molecule has 0 spiro atoms. The predicted molar refractivity (Wildman–Crippen MR) is 115 cm³/mol. The number of nitrogens with one attached hydrogen (secondary N) is 2. The molecule has 0 radical (unpaired) electrons. The molecule has 0 aliphatic heterocycles. The minimum absolute atomic E-state index is 0.292. The van der Waals surface area contributed by atoms with Crippen LogP contribution in [0.5, 0.6) is 0 Å². The molecule has 4 bridgehead atoms. The molecule has 4 saturated carbocycles. The number of rotatable bonds is 6. The van der Waals surface area contributed by atoms with Gasteiger partial charge in [0.2, 0.25) is 0 Å². The van der Waals surface area contributed by atoms with E-state index >= 15 is 0 Å². The van der Waals surface area contributed by atoms with Crippen molar-refractivity contribution in [2.24, 2.45) is 23.5 Å². The fourth-order valence-electron chi connectivity index (χ4n) is 5.95. The lowest BCUT2D eigenvalue weighted by Gasteiger charge is -2.58. The highest BCUT2D eigenvalue weighted by molar-refractivity contribution is 6.06. The number of aliphatic hydroxyl groups is 1. The molecule has 4 fully saturated rings. The number of amides is 1. The van der Waals surface area contributed by atoms with Crippen LogP contribution in [-0.2, 0) is 9.59 Å². The molecule has 10 heteroatoms. The molecule has 0 unspecified atom stereocenters. The molecule has 6 rings (SSSR count). The Morgan fingerprint density at radius 2 is 1.75 bits per heavy atom. The summed E-state index contributed by atoms with van der Waals surface area (Å²) in [5.74, 6) is -1.03. The van der Waals surface area contributed by atoms with Crippen LogP contribution in [0.25, 0.3) is 11.0 Å². The standard InChI is InChI=1S/C18H22N4O2.C4H6O4/c19-16(23)13-8-21-17-12(1-2-20-17)15(13)22-14-10-3-9-4-11(14)7-18(24,5-9)6-10;5-3(6)1-2-4(7)8/h1-2,8-11,14,24H,3-7H2,(H2,19,23)(H2,20,21,22);1-2H2,(H,5,6)(H,7,8)/t9-,10+,11-,14-,18+;. The highest BCUT2D eigenvalue weighted by Gasteiger charge is 2.54. The zero-order valence-corrected chi connectivity index (χ0v) is 17.6. The second-order valence-electron chi connectivity index (χ2n) is 9.30. The first-order valence-corrected chi connectivity index (χ1v) is 10.8. The van der Waals surface area contributed by atoms with Crippen LogP contribution in [0.2, 0.25) is 0 Å². The molecule has 172 valence electrons. The second kappa shape index (κ2) is 8.42. The van der Waals surface area contributed by atoms with Gasteiger partial charge >= 0.3 is 11.9 Å². The predicted octanol–water partition coefficient (Wildman–Crippen LogP) is 1.95. The van der Waals surface area contributed by atoms with Gasteiger partial charge in [-0.15, -0.1) is 0 Å². The van der Waals surface area contributed by atoms with Crippen LogP contribution in [-0.4, -0.2) is 54.8 Å². The van der Waals surface area contributed by atoms with Crippen molar-refractivity contribution in [2.45, 2.75) is 56.6 Å². The van der Waals surface area contributed by atoms with E-state index in [2.05, 4.69) is 15.3 Å². The van der Waals surface area contributed by atoms with E-state index in [1.54, 1.807) is 6.20 Å². The zero-order valence-electron chi connectivity index (χ0n) is 17.6. The van der Waals surface area contributed by atoms with Crippen LogP contribution in [0, 0.1) is 17.8 Å². The fourth-order valence-corrected chi connectivity index (χ4v) is 5.95. The fraction of sp³-hybridized carbons (Fsp3) is 0.545. The molecule has 1 amide bonds. The van der Waals surface area contributed by atoms with Gasteiger partial charge in [-0.1, -0.05) is 0 Å². The zero-order chi connectivity index (χ0) is 23.0. The number of nitrogens with two attached hydrogens (primary N) is 1. The maximum absolute atomic E-state index is 11.9. The molecule has 7 N–H and O–H groups in total. The van der Waals surface area contributed by atoms with Crippen molar-refractivity contribution in [3.63, 3.8) is 0 Å². The largest absolute Gasteiger partial charge is 0.481 e. The first-order chi connectivity index (χ1) is 15.1. The average Bonchev–Trinajstić information content (AvgIpc) is 3.17. The van der Waals surface area contributed by atoms with Gasteiger partial charge in [-0.05, 0) is 55.9 Å². The molecule has 2 aromatic rings. The van der Waals surface area contributed by atoms with Crippen LogP contribution >= 0.6 is 0 Å².